The van der Waals surface area contributed by atoms with E-state index in [0.29, 0.717) is 0 Å². The van der Waals surface area contributed by atoms with Crippen LogP contribution in [-0.2, 0) is 255 Å². The van der Waals surface area contributed by atoms with Crippen molar-refractivity contribution in [3.8, 4) is 0 Å². The summed E-state index contributed by atoms with van der Waals surface area (Å²) >= 11 is 0. The van der Waals surface area contributed by atoms with Gasteiger partial charge in [-0.2, -0.15) is 19.9 Å². The second-order valence-electron chi connectivity index (χ2n) is 24.6. The number of rotatable bonds is 18. The normalized spacial score (nSPS) is 28.1. The number of ether oxygens (including phenoxy) is 8. The molecule has 8 aliphatic rings. The van der Waals surface area contributed by atoms with Gasteiger partial charge in [-0.3, -0.25) is 108 Å². The maximum Gasteiger partial charge on any atom is 0.698 e. The van der Waals surface area contributed by atoms with Crippen LogP contribution < -0.4 is 45.2 Å². The summed E-state index contributed by atoms with van der Waals surface area (Å²) in [6.45, 7) is 2.44. The molecule has 0 spiro atoms. The van der Waals surface area contributed by atoms with E-state index >= 15 is 0 Å². The van der Waals surface area contributed by atoms with E-state index in [4.69, 9.17) is 175 Å². The predicted octanol–water partition coefficient (Wildman–Crippen LogP) is -6.15. The van der Waals surface area contributed by atoms with Crippen LogP contribution in [0.25, 0.3) is 44.7 Å². The van der Waals surface area contributed by atoms with Gasteiger partial charge in [-0.05, 0) is 13.8 Å². The molecule has 16 rings (SSSR count). The van der Waals surface area contributed by atoms with Gasteiger partial charge in [0.25, 0.3) is 22.2 Å². The van der Waals surface area contributed by atoms with Crippen molar-refractivity contribution in [1.29, 1.82) is 0 Å². The number of nitrogens with one attached hydrogen (secondary N) is 4. The summed E-state index contributed by atoms with van der Waals surface area (Å²) in [5, 5.41) is 8.97. The number of aliphatic carboxylic acids is 1. The SMILES string of the molecule is CC1(C)OC2C(O1)[C@@H](CO[PH](=O)O)O[C@H]2n1cnc2c(=O)[nH]c(N)nc21.Nc1nc2c(ncn2[C@@H]2O[C@H](CO[PH](=O)O)C3OC(CC(=O)O)OC32)c(=O)[nH]1.Nc1nc2c(ncn2[C@@H]2O[C@H](CO[PH](=O)O)C3OP(=O)(O)OC32)c(=O)[nH]1.Nc1nc2c(ncn2[C@@H]2O[C@H](CO[PH](=O)O)C3O[P+](=O)OC32)c(=O)[nH]1.O=[PH](O)O.O=[PH](O)O.O=[PH](O)O.O=[PH](O)O.[Y].[Y].[Y].[Y]. The molecule has 0 saturated carbocycles. The number of H-pyrrole nitrogens is 4. The van der Waals surface area contributed by atoms with E-state index in [0.717, 1.165) is 0 Å². The van der Waals surface area contributed by atoms with Crippen LogP contribution in [0, 0.1) is 0 Å². The Morgan fingerprint density at radius 3 is 1.03 bits per heavy atom. The molecule has 8 aromatic rings. The van der Waals surface area contributed by atoms with E-state index in [2.05, 4.69) is 64.3 Å². The smallest absolute Gasteiger partial charge is 0.481 e. The van der Waals surface area contributed by atoms with Gasteiger partial charge in [-0.25, -0.2) is 24.5 Å². The van der Waals surface area contributed by atoms with Crippen LogP contribution in [0.3, 0.4) is 0 Å². The van der Waals surface area contributed by atoms with Crippen molar-refractivity contribution in [3.05, 3.63) is 66.7 Å². The van der Waals surface area contributed by atoms with Gasteiger partial charge < -0.3 is 148 Å². The van der Waals surface area contributed by atoms with Crippen molar-refractivity contribution < 1.29 is 324 Å². The van der Waals surface area contributed by atoms with Gasteiger partial charge in [-0.1, -0.05) is 0 Å². The minimum absolute atomic E-state index is 0. The van der Waals surface area contributed by atoms with E-state index in [1.165, 1.54) is 43.6 Å². The standard InChI is InChI=1S/C13H16N5O9P.C13H18N5O7P.C10H13N5O9P2.C10H11N5O8P2.4H3O3P.4Y/c14-13-16-10-7(11(21)17-13)15-3-18(10)12-9-8(4(25-12)2-24-28(22)23)26-6(27-9)1-5(19)20;1-13(2)24-7-5(3-22-26(20)21)23-11(8(7)25-13)18-4-15-6-9(18)16-12(14)17-10(6)19;11-10-13-7-4(8(16)14-10)12-2-15(7)9-6-5(23-26(19,20)24-6)3(22-9)1-21-25(17)18;11-10-13-7-4(8(16)14-10)12-2-15(7)9-6-5(22-25(19)23-6)3(21-9)1-20-24(17)18;4*1-4(2)3;;;;/h3-4,6,8-9,12,28H,1-2H2,(H,19,20)(H,22,23)(H3,14,16,17,21);4-5,7-8,11,26H,3H2,1-2H3,(H,20,21)(H3,14,16,17,19);2-3,5-6,9,25H,1H2,(H,17,18)(H,19,20)(H3,11,13,14,16);2-3,5-6,9,24H,1H2,(H3-,11,13,14,16,17,18);4*4H,(H2,1,2,3);;;;/p+1/t4-,6?,8?,9?,12-;5-,7?,8?,11-;2*3-,5?,6?,9-;;;;;;;;/m1111......../s1. The number of carbonyl (C=O) groups is 1. The summed E-state index contributed by atoms with van der Waals surface area (Å²) in [6, 6.07) is 0. The Labute approximate surface area is 797 Å². The molecule has 0 aromatic carbocycles. The van der Waals surface area contributed by atoms with E-state index in [1.54, 1.807) is 13.8 Å². The van der Waals surface area contributed by atoms with Crippen molar-refractivity contribution in [3.63, 3.8) is 0 Å². The number of nitrogens with two attached hydrogens (primary N) is 4. The van der Waals surface area contributed by atoms with E-state index < -0.39 is 227 Å². The molecule has 0 aliphatic carbocycles. The molecule has 23 atom stereocenters. The molecule has 8 saturated heterocycles. The molecule has 686 valence electrons. The van der Waals surface area contributed by atoms with Gasteiger partial charge in [0.15, 0.2) is 93.9 Å². The fraction of sp³-hybridized carbons (Fsp3) is 0.543. The number of carboxylic acids is 1. The Balaban J connectivity index is 0.000000276. The molecule has 16 heterocycles. The number of anilines is 4. The minimum atomic E-state index is -4.34. The number of hydrogen-bond acceptors (Lipinski definition) is 43. The number of nitrogen functional groups attached to an aromatic ring is 4. The van der Waals surface area contributed by atoms with Crippen molar-refractivity contribution >= 4 is 157 Å². The summed E-state index contributed by atoms with van der Waals surface area (Å²) in [7, 11) is -32.0. The Morgan fingerprint density at radius 1 is 0.440 bits per heavy atom. The summed E-state index contributed by atoms with van der Waals surface area (Å²) in [5.41, 5.74) is 20.9. The van der Waals surface area contributed by atoms with Crippen LogP contribution in [0.5, 0.6) is 0 Å². The number of phosphoric ester groups is 1. The number of imidazole rings is 4. The molecule has 125 heavy (non-hydrogen) atoms. The first-order valence-electron chi connectivity index (χ1n) is 32.7. The molecule has 26 N–H and O–H groups in total. The van der Waals surface area contributed by atoms with Crippen molar-refractivity contribution in [2.45, 2.75) is 131 Å². The number of aromatic amines is 4. The molecular formula is C46H71N20O45P10Y4+. The summed E-state index contributed by atoms with van der Waals surface area (Å²) in [6.07, 6.45) is -9.40. The zero-order valence-electron chi connectivity index (χ0n) is 62.5. The van der Waals surface area contributed by atoms with Crippen molar-refractivity contribution in [2.24, 2.45) is 0 Å². The number of carboxylic acid groups (broad SMARTS) is 1. The second-order valence-corrected chi connectivity index (χ2v) is 32.3. The van der Waals surface area contributed by atoms with Gasteiger partial charge in [0.05, 0.1) is 58.2 Å². The first kappa shape index (κ1) is 113. The van der Waals surface area contributed by atoms with Crippen LogP contribution in [-0.4, -0.2) is 265 Å². The minimum Gasteiger partial charge on any atom is -0.481 e. The van der Waals surface area contributed by atoms with Crippen LogP contribution in [0.2, 0.25) is 0 Å². The Morgan fingerprint density at radius 2 is 0.704 bits per heavy atom. The quantitative estimate of drug-likeness (QED) is 0.0356. The predicted molar refractivity (Wildman–Crippen MR) is 395 cm³/mol. The fourth-order valence-electron chi connectivity index (χ4n) is 12.3. The van der Waals surface area contributed by atoms with E-state index in [-0.39, 0.29) is 226 Å². The number of aromatic nitrogens is 16. The first-order chi connectivity index (χ1) is 56.7. The maximum absolute atomic E-state index is 12.0. The van der Waals surface area contributed by atoms with E-state index in [1.807, 2.05) is 0 Å². The van der Waals surface area contributed by atoms with Gasteiger partial charge in [-0.15, -0.1) is 9.05 Å². The summed E-state index contributed by atoms with van der Waals surface area (Å²) < 4.78 is 193. The second kappa shape index (κ2) is 50.2. The summed E-state index contributed by atoms with van der Waals surface area (Å²) in [5.74, 6) is -2.44. The maximum atomic E-state index is 12.0. The third-order valence-electron chi connectivity index (χ3n) is 16.2. The Bertz CT molecular complexity index is 5520. The molecular weight excluding hydrogens is 2220 g/mol. The number of fused-ring (bicyclic) bond motifs is 8. The third-order valence-corrected chi connectivity index (χ3v) is 19.8. The number of phosphoric acid groups is 1. The monoisotopic (exact) mass is 2290 g/mol. The summed E-state index contributed by atoms with van der Waals surface area (Å²) in [4.78, 5) is 203. The zero-order chi connectivity index (χ0) is 89.3. The molecule has 0 amide bonds. The van der Waals surface area contributed by atoms with Crippen LogP contribution in [0.15, 0.2) is 44.5 Å². The largest absolute Gasteiger partial charge is 0.698 e. The van der Waals surface area contributed by atoms with Gasteiger partial charge in [0, 0.05) is 135 Å². The van der Waals surface area contributed by atoms with Crippen molar-refractivity contribution in [2.75, 3.05) is 49.4 Å². The average Bonchev–Trinajstić information content (AvgIpc) is 1.64. The molecule has 4 radical (unpaired) electrons. The number of nitrogens with zero attached hydrogens (tertiary/aromatic N) is 12. The van der Waals surface area contributed by atoms with Crippen LogP contribution in [0.1, 0.15) is 45.2 Å². The van der Waals surface area contributed by atoms with Gasteiger partial charge >= 0.3 is 88.1 Å². The Hall–Kier alpha value is -2.50. The molecule has 65 nitrogen and oxygen atoms in total. The molecule has 15 unspecified atom stereocenters. The average molecular weight is 2290 g/mol. The fourth-order valence-corrected chi connectivity index (χ4v) is 15.6. The van der Waals surface area contributed by atoms with Crippen LogP contribution >= 0.6 is 82.1 Å². The van der Waals surface area contributed by atoms with E-state index in [9.17, 15) is 56.3 Å². The molecule has 8 fully saturated rings. The number of hydrogen-bond donors (Lipinski definition) is 22. The molecule has 8 aliphatic heterocycles. The Kier molecular flexibility index (Phi) is 45.4. The van der Waals surface area contributed by atoms with Gasteiger partial charge in [0.1, 0.15) is 61.0 Å². The first-order valence-corrected chi connectivity index (χ1v) is 45.6. The topological polar surface area (TPSA) is 977 Å². The van der Waals surface area contributed by atoms with Crippen LogP contribution in [0.4, 0.5) is 23.8 Å². The van der Waals surface area contributed by atoms with Crippen molar-refractivity contribution in [1.82, 2.24) is 78.1 Å². The third kappa shape index (κ3) is 30.8. The molecule has 8 aromatic heterocycles. The zero-order valence-corrected chi connectivity index (χ0v) is 83.6. The molecule has 0 bridgehead atoms. The van der Waals surface area contributed by atoms with Gasteiger partial charge in [0.2, 0.25) is 23.8 Å². The molecule has 79 heteroatoms.